The number of halogens is 2. The van der Waals surface area contributed by atoms with Gasteiger partial charge in [0.1, 0.15) is 11.6 Å². The first-order valence-corrected chi connectivity index (χ1v) is 6.80. The second kappa shape index (κ2) is 6.09. The predicted octanol–water partition coefficient (Wildman–Crippen LogP) is 3.43. The largest absolute Gasteiger partial charge is 0.293 e. The average Bonchev–Trinajstić information content (AvgIpc) is 2.40. The molecule has 0 amide bonds. The van der Waals surface area contributed by atoms with Gasteiger partial charge >= 0.3 is 0 Å². The van der Waals surface area contributed by atoms with Crippen molar-refractivity contribution in [1.29, 1.82) is 0 Å². The summed E-state index contributed by atoms with van der Waals surface area (Å²) >= 11 is 1.14. The lowest BCUT2D eigenvalue weighted by Crippen LogP contribution is -2.15. The second-order valence-electron chi connectivity index (χ2n) is 4.29. The Morgan fingerprint density at radius 1 is 1.25 bits per heavy atom. The van der Waals surface area contributed by atoms with E-state index in [4.69, 9.17) is 0 Å². The topological polar surface area (TPSA) is 42.9 Å². The van der Waals surface area contributed by atoms with Crippen LogP contribution in [0.2, 0.25) is 0 Å². The Kier molecular flexibility index (Phi) is 4.44. The third-order valence-electron chi connectivity index (χ3n) is 2.61. The van der Waals surface area contributed by atoms with Crippen LogP contribution in [0.15, 0.2) is 35.7 Å². The number of Topliss-reactive ketones (excluding diaryl/α,β-unsaturated/α-hetero) is 1. The minimum atomic E-state index is -0.854. The summed E-state index contributed by atoms with van der Waals surface area (Å²) in [4.78, 5) is 20.3. The highest BCUT2D eigenvalue weighted by Gasteiger charge is 2.21. The molecule has 1 aromatic carbocycles. The van der Waals surface area contributed by atoms with Crippen molar-refractivity contribution in [3.63, 3.8) is 0 Å². The van der Waals surface area contributed by atoms with Gasteiger partial charge in [-0.3, -0.25) is 4.79 Å². The van der Waals surface area contributed by atoms with Crippen LogP contribution < -0.4 is 0 Å². The molecule has 1 heterocycles. The molecule has 2 aromatic rings. The first kappa shape index (κ1) is 14.6. The molecule has 1 unspecified atom stereocenters. The first-order chi connectivity index (χ1) is 9.47. The number of thioether (sulfide) groups is 1. The third kappa shape index (κ3) is 3.39. The maximum absolute atomic E-state index is 13.6. The Labute approximate surface area is 119 Å². The quantitative estimate of drug-likeness (QED) is 0.492. The Morgan fingerprint density at radius 2 is 1.90 bits per heavy atom. The number of nitrogens with zero attached hydrogens (tertiary/aromatic N) is 2. The molecule has 6 heteroatoms. The van der Waals surface area contributed by atoms with Gasteiger partial charge < -0.3 is 0 Å². The third-order valence-corrected chi connectivity index (χ3v) is 3.59. The fraction of sp³-hybridized carbons (Fsp3) is 0.214. The van der Waals surface area contributed by atoms with Gasteiger partial charge in [-0.2, -0.15) is 0 Å². The van der Waals surface area contributed by atoms with Gasteiger partial charge in [0, 0.05) is 18.5 Å². The van der Waals surface area contributed by atoms with E-state index in [0.29, 0.717) is 11.2 Å². The van der Waals surface area contributed by atoms with Crippen molar-refractivity contribution in [1.82, 2.24) is 9.97 Å². The number of hydrogen-bond acceptors (Lipinski definition) is 4. The molecule has 0 saturated carbocycles. The summed E-state index contributed by atoms with van der Waals surface area (Å²) in [5.41, 5.74) is 0.788. The Bertz CT molecular complexity index is 632. The number of ketones is 1. The molecule has 0 aliphatic heterocycles. The molecule has 0 spiro atoms. The van der Waals surface area contributed by atoms with E-state index in [2.05, 4.69) is 9.97 Å². The Balaban J connectivity index is 2.14. The normalized spacial score (nSPS) is 12.2. The number of aryl methyl sites for hydroxylation is 1. The van der Waals surface area contributed by atoms with Crippen LogP contribution >= 0.6 is 11.8 Å². The van der Waals surface area contributed by atoms with Gasteiger partial charge in [-0.25, -0.2) is 18.7 Å². The van der Waals surface area contributed by atoms with Crippen LogP contribution in [0, 0.1) is 18.6 Å². The number of benzene rings is 1. The van der Waals surface area contributed by atoms with Crippen LogP contribution in [-0.2, 0) is 0 Å². The molecule has 1 aromatic heterocycles. The monoisotopic (exact) mass is 294 g/mol. The van der Waals surface area contributed by atoms with Gasteiger partial charge in [0.25, 0.3) is 0 Å². The van der Waals surface area contributed by atoms with Crippen molar-refractivity contribution in [2.45, 2.75) is 24.3 Å². The van der Waals surface area contributed by atoms with E-state index in [1.54, 1.807) is 19.3 Å². The molecule has 20 heavy (non-hydrogen) atoms. The van der Waals surface area contributed by atoms with E-state index in [1.807, 2.05) is 6.92 Å². The highest BCUT2D eigenvalue weighted by molar-refractivity contribution is 8.00. The highest BCUT2D eigenvalue weighted by atomic mass is 32.2. The van der Waals surface area contributed by atoms with Crippen molar-refractivity contribution < 1.29 is 13.6 Å². The summed E-state index contributed by atoms with van der Waals surface area (Å²) in [6.07, 6.45) is 3.29. The first-order valence-electron chi connectivity index (χ1n) is 5.92. The fourth-order valence-electron chi connectivity index (χ4n) is 1.56. The van der Waals surface area contributed by atoms with E-state index >= 15 is 0 Å². The van der Waals surface area contributed by atoms with Gasteiger partial charge in [0.2, 0.25) is 0 Å². The molecule has 2 rings (SSSR count). The lowest BCUT2D eigenvalue weighted by Gasteiger charge is -2.09. The zero-order valence-corrected chi connectivity index (χ0v) is 11.7. The summed E-state index contributed by atoms with van der Waals surface area (Å²) in [6.45, 7) is 3.50. The van der Waals surface area contributed by atoms with Gasteiger partial charge in [0.15, 0.2) is 10.9 Å². The van der Waals surface area contributed by atoms with Crippen LogP contribution in [0.5, 0.6) is 0 Å². The van der Waals surface area contributed by atoms with Crippen molar-refractivity contribution in [3.8, 4) is 0 Å². The summed E-state index contributed by atoms with van der Waals surface area (Å²) in [5.74, 6) is -1.98. The standard InChI is InChI=1S/C14H12F2N2OS/c1-8-6-17-14(18-7-8)20-9(2)13(19)11-4-3-10(15)5-12(11)16/h3-7,9H,1-2H3. The molecule has 0 saturated heterocycles. The van der Waals surface area contributed by atoms with Crippen LogP contribution in [0.3, 0.4) is 0 Å². The number of carbonyl (C=O) groups excluding carboxylic acids is 1. The van der Waals surface area contributed by atoms with E-state index in [9.17, 15) is 13.6 Å². The van der Waals surface area contributed by atoms with Crippen LogP contribution in [0.1, 0.15) is 22.8 Å². The van der Waals surface area contributed by atoms with Crippen LogP contribution in [-0.4, -0.2) is 21.0 Å². The molecule has 0 N–H and O–H groups in total. The number of rotatable bonds is 4. The molecule has 3 nitrogen and oxygen atoms in total. The van der Waals surface area contributed by atoms with Gasteiger partial charge in [-0.15, -0.1) is 0 Å². The van der Waals surface area contributed by atoms with Gasteiger partial charge in [-0.05, 0) is 31.5 Å². The zero-order valence-electron chi connectivity index (χ0n) is 10.9. The SMILES string of the molecule is Cc1cnc(SC(C)C(=O)c2ccc(F)cc2F)nc1. The van der Waals surface area contributed by atoms with E-state index in [0.717, 1.165) is 29.5 Å². The van der Waals surface area contributed by atoms with E-state index in [-0.39, 0.29) is 5.56 Å². The van der Waals surface area contributed by atoms with Crippen molar-refractivity contribution in [3.05, 3.63) is 53.4 Å². The molecule has 104 valence electrons. The minimum Gasteiger partial charge on any atom is -0.293 e. The Hall–Kier alpha value is -1.82. The lowest BCUT2D eigenvalue weighted by atomic mass is 10.1. The minimum absolute atomic E-state index is 0.126. The molecule has 0 bridgehead atoms. The van der Waals surface area contributed by atoms with Crippen LogP contribution in [0.25, 0.3) is 0 Å². The van der Waals surface area contributed by atoms with E-state index < -0.39 is 22.7 Å². The molecular formula is C14H12F2N2OS. The molecular weight excluding hydrogens is 282 g/mol. The summed E-state index contributed by atoms with van der Waals surface area (Å²) in [7, 11) is 0. The Morgan fingerprint density at radius 3 is 2.50 bits per heavy atom. The van der Waals surface area contributed by atoms with Crippen molar-refractivity contribution in [2.75, 3.05) is 0 Å². The molecule has 0 aliphatic carbocycles. The number of hydrogen-bond donors (Lipinski definition) is 0. The molecule has 0 fully saturated rings. The summed E-state index contributed by atoms with van der Waals surface area (Å²) in [5, 5.41) is -0.114. The van der Waals surface area contributed by atoms with E-state index in [1.165, 1.54) is 0 Å². The fourth-order valence-corrected chi connectivity index (χ4v) is 2.34. The van der Waals surface area contributed by atoms with Gasteiger partial charge in [-0.1, -0.05) is 11.8 Å². The van der Waals surface area contributed by atoms with Crippen LogP contribution in [0.4, 0.5) is 8.78 Å². The predicted molar refractivity (Wildman–Crippen MR) is 72.8 cm³/mol. The lowest BCUT2D eigenvalue weighted by molar-refractivity contribution is 0.0990. The summed E-state index contributed by atoms with van der Waals surface area (Å²) < 4.78 is 26.4. The molecule has 0 radical (unpaired) electrons. The summed E-state index contributed by atoms with van der Waals surface area (Å²) in [6, 6.07) is 2.92. The average molecular weight is 294 g/mol. The second-order valence-corrected chi connectivity index (χ2v) is 5.60. The van der Waals surface area contributed by atoms with Crippen molar-refractivity contribution >= 4 is 17.5 Å². The number of carbonyl (C=O) groups is 1. The zero-order chi connectivity index (χ0) is 14.7. The van der Waals surface area contributed by atoms with Gasteiger partial charge in [0.05, 0.1) is 10.8 Å². The molecule has 0 aliphatic rings. The highest BCUT2D eigenvalue weighted by Crippen LogP contribution is 2.23. The number of aromatic nitrogens is 2. The maximum Gasteiger partial charge on any atom is 0.188 e. The maximum atomic E-state index is 13.6. The smallest absolute Gasteiger partial charge is 0.188 e. The molecule has 1 atom stereocenters. The van der Waals surface area contributed by atoms with Crippen molar-refractivity contribution in [2.24, 2.45) is 0 Å².